The van der Waals surface area contributed by atoms with E-state index in [0.29, 0.717) is 17.5 Å². The third kappa shape index (κ3) is 3.55. The Kier molecular flexibility index (Phi) is 5.58. The molecule has 0 spiro atoms. The molecular formula is C25H29N7O. The van der Waals surface area contributed by atoms with Gasteiger partial charge in [0.15, 0.2) is 17.4 Å². The highest BCUT2D eigenvalue weighted by Crippen LogP contribution is 2.40. The summed E-state index contributed by atoms with van der Waals surface area (Å²) in [4.78, 5) is 7.48. The Labute approximate surface area is 193 Å². The van der Waals surface area contributed by atoms with Crippen LogP contribution in [-0.2, 0) is 0 Å². The number of aliphatic imine (C=N–C) groups is 1. The van der Waals surface area contributed by atoms with Crippen LogP contribution in [0.5, 0.6) is 0 Å². The zero-order valence-electron chi connectivity index (χ0n) is 19.1. The Balaban J connectivity index is 1.64. The van der Waals surface area contributed by atoms with Crippen LogP contribution in [0.25, 0.3) is 22.7 Å². The molecule has 0 bridgehead atoms. The Morgan fingerprint density at radius 3 is 2.70 bits per heavy atom. The minimum Gasteiger partial charge on any atom is -0.403 e. The normalized spacial score (nSPS) is 21.2. The lowest BCUT2D eigenvalue weighted by Gasteiger charge is -2.42. The first-order chi connectivity index (χ1) is 16.1. The molecular weight excluding hydrogens is 414 g/mol. The summed E-state index contributed by atoms with van der Waals surface area (Å²) in [7, 11) is 0. The van der Waals surface area contributed by atoms with Gasteiger partial charge in [-0.25, -0.2) is 4.99 Å². The van der Waals surface area contributed by atoms with Crippen molar-refractivity contribution in [3.05, 3.63) is 66.5 Å². The first-order valence-corrected chi connectivity index (χ1v) is 11.5. The molecule has 1 fully saturated rings. The largest absolute Gasteiger partial charge is 0.403 e. The molecule has 0 unspecified atom stereocenters. The number of hydrogen-bond donors (Lipinski definition) is 1. The Morgan fingerprint density at radius 2 is 2.00 bits per heavy atom. The number of aryl methyl sites for hydroxylation is 1. The molecule has 8 heteroatoms. The number of nitrogens with zero attached hydrogens (tertiary/aromatic N) is 6. The molecule has 2 aliphatic rings. The van der Waals surface area contributed by atoms with Gasteiger partial charge in [-0.15, -0.1) is 10.2 Å². The number of hydrogen-bond acceptors (Lipinski definition) is 6. The molecule has 0 amide bonds. The van der Waals surface area contributed by atoms with Crippen molar-refractivity contribution in [3.8, 4) is 11.3 Å². The fourth-order valence-corrected chi connectivity index (χ4v) is 5.08. The highest BCUT2D eigenvalue weighted by molar-refractivity contribution is 6.19. The van der Waals surface area contributed by atoms with E-state index >= 15 is 0 Å². The lowest BCUT2D eigenvalue weighted by Crippen LogP contribution is -2.47. The van der Waals surface area contributed by atoms with Gasteiger partial charge in [-0.2, -0.15) is 0 Å². The molecule has 3 heterocycles. The molecule has 2 N–H and O–H groups in total. The molecule has 3 aromatic rings. The van der Waals surface area contributed by atoms with Crippen molar-refractivity contribution in [2.24, 2.45) is 10.7 Å². The lowest BCUT2D eigenvalue weighted by atomic mass is 10.0. The molecule has 33 heavy (non-hydrogen) atoms. The third-order valence-electron chi connectivity index (χ3n) is 6.62. The van der Waals surface area contributed by atoms with Crippen LogP contribution in [0, 0.1) is 6.92 Å². The van der Waals surface area contributed by atoms with Crippen molar-refractivity contribution < 1.29 is 4.52 Å². The van der Waals surface area contributed by atoms with E-state index in [4.69, 9.17) is 15.2 Å². The number of aromatic nitrogens is 4. The highest BCUT2D eigenvalue weighted by Gasteiger charge is 2.41. The van der Waals surface area contributed by atoms with Crippen LogP contribution in [0.15, 0.2) is 58.8 Å². The summed E-state index contributed by atoms with van der Waals surface area (Å²) in [6.45, 7) is 8.42. The standard InChI is InChI=1S/C25H29N7O/c1-4-21-25-30-29-17(3)31(25)22(14-26)24(32(21)19-12-8-9-13-19)28-16(2)20-15-27-33-23(20)18-10-6-5-7-11-18/h5-7,10-11,14-15,19,21H,2,4,8-9,12-13,26H2,1,3H3/b22-14+,28-24+/t21-/m1/s1. The highest BCUT2D eigenvalue weighted by atomic mass is 16.5. The molecule has 0 saturated heterocycles. The van der Waals surface area contributed by atoms with Gasteiger partial charge >= 0.3 is 0 Å². The minimum absolute atomic E-state index is 0.0700. The van der Waals surface area contributed by atoms with Gasteiger partial charge in [0, 0.05) is 17.8 Å². The van der Waals surface area contributed by atoms with E-state index in [0.717, 1.165) is 53.6 Å². The average molecular weight is 444 g/mol. The smallest absolute Gasteiger partial charge is 0.176 e. The molecule has 0 radical (unpaired) electrons. The predicted molar refractivity (Wildman–Crippen MR) is 129 cm³/mol. The van der Waals surface area contributed by atoms with Crippen LogP contribution in [0.1, 0.15) is 62.3 Å². The number of amidine groups is 1. The van der Waals surface area contributed by atoms with E-state index in [9.17, 15) is 0 Å². The maximum atomic E-state index is 6.19. The first kappa shape index (κ1) is 21.2. The van der Waals surface area contributed by atoms with E-state index in [2.05, 4.69) is 33.8 Å². The zero-order chi connectivity index (χ0) is 22.9. The molecule has 1 aliphatic carbocycles. The second kappa shape index (κ2) is 8.69. The topological polar surface area (TPSA) is 98.4 Å². The van der Waals surface area contributed by atoms with Crippen molar-refractivity contribution in [1.29, 1.82) is 0 Å². The summed E-state index contributed by atoms with van der Waals surface area (Å²) in [5, 5.41) is 12.9. The van der Waals surface area contributed by atoms with Crippen molar-refractivity contribution >= 4 is 17.2 Å². The summed E-state index contributed by atoms with van der Waals surface area (Å²) in [6, 6.07) is 10.3. The van der Waals surface area contributed by atoms with Crippen molar-refractivity contribution in [1.82, 2.24) is 24.8 Å². The monoisotopic (exact) mass is 443 g/mol. The summed E-state index contributed by atoms with van der Waals surface area (Å²) in [6.07, 6.45) is 8.83. The van der Waals surface area contributed by atoms with Crippen LogP contribution < -0.4 is 5.73 Å². The quantitative estimate of drug-likeness (QED) is 0.609. The summed E-state index contributed by atoms with van der Waals surface area (Å²) in [5.41, 5.74) is 9.24. The van der Waals surface area contributed by atoms with E-state index in [-0.39, 0.29) is 6.04 Å². The summed E-state index contributed by atoms with van der Waals surface area (Å²) >= 11 is 0. The second-order valence-electron chi connectivity index (χ2n) is 8.58. The molecule has 8 nitrogen and oxygen atoms in total. The number of fused-ring (bicyclic) bond motifs is 1. The van der Waals surface area contributed by atoms with Crippen LogP contribution in [0.2, 0.25) is 0 Å². The van der Waals surface area contributed by atoms with Crippen molar-refractivity contribution in [3.63, 3.8) is 0 Å². The van der Waals surface area contributed by atoms with Crippen LogP contribution in [0.3, 0.4) is 0 Å². The molecule has 1 saturated carbocycles. The van der Waals surface area contributed by atoms with Crippen molar-refractivity contribution in [2.75, 3.05) is 0 Å². The van der Waals surface area contributed by atoms with Gasteiger partial charge in [0.05, 0.1) is 23.5 Å². The van der Waals surface area contributed by atoms with Gasteiger partial charge in [0.25, 0.3) is 0 Å². The average Bonchev–Trinajstić information content (AvgIpc) is 3.60. The number of nitrogens with two attached hydrogens (primary N) is 1. The maximum Gasteiger partial charge on any atom is 0.176 e. The summed E-state index contributed by atoms with van der Waals surface area (Å²) < 4.78 is 7.61. The summed E-state index contributed by atoms with van der Waals surface area (Å²) in [5.74, 6) is 3.16. The van der Waals surface area contributed by atoms with Crippen LogP contribution >= 0.6 is 0 Å². The van der Waals surface area contributed by atoms with E-state index < -0.39 is 0 Å². The maximum absolute atomic E-state index is 6.19. The predicted octanol–water partition coefficient (Wildman–Crippen LogP) is 4.78. The fraction of sp³-hybridized carbons (Fsp3) is 0.360. The van der Waals surface area contributed by atoms with Gasteiger partial charge in [0.2, 0.25) is 0 Å². The Morgan fingerprint density at radius 1 is 1.24 bits per heavy atom. The van der Waals surface area contributed by atoms with Crippen molar-refractivity contribution in [2.45, 2.75) is 58.0 Å². The SMILES string of the molecule is C=C(/N=C1\C(=C/N)n2c(C)nnc2[C@@H](CC)N1C1CCCC1)c1cnoc1-c1ccccc1. The molecule has 5 rings (SSSR count). The molecule has 2 aromatic heterocycles. The second-order valence-corrected chi connectivity index (χ2v) is 8.58. The van der Waals surface area contributed by atoms with Gasteiger partial charge in [-0.1, -0.05) is 61.8 Å². The number of rotatable bonds is 5. The van der Waals surface area contributed by atoms with E-state index in [1.165, 1.54) is 12.8 Å². The number of benzene rings is 1. The van der Waals surface area contributed by atoms with Gasteiger partial charge < -0.3 is 15.2 Å². The van der Waals surface area contributed by atoms with Gasteiger partial charge in [0.1, 0.15) is 11.5 Å². The molecule has 170 valence electrons. The van der Waals surface area contributed by atoms with Crippen LogP contribution in [-0.4, -0.2) is 36.7 Å². The lowest BCUT2D eigenvalue weighted by molar-refractivity contribution is 0.218. The van der Waals surface area contributed by atoms with E-state index in [1.54, 1.807) is 12.4 Å². The van der Waals surface area contributed by atoms with Gasteiger partial charge in [-0.3, -0.25) is 4.57 Å². The van der Waals surface area contributed by atoms with Gasteiger partial charge in [-0.05, 0) is 26.2 Å². The molecule has 1 aliphatic heterocycles. The van der Waals surface area contributed by atoms with Crippen LogP contribution in [0.4, 0.5) is 0 Å². The fourth-order valence-electron chi connectivity index (χ4n) is 5.08. The molecule has 1 atom stereocenters. The first-order valence-electron chi connectivity index (χ1n) is 11.5. The molecule has 1 aromatic carbocycles. The zero-order valence-corrected chi connectivity index (χ0v) is 19.1. The Bertz CT molecular complexity index is 1210. The Hall–Kier alpha value is -3.68. The minimum atomic E-state index is 0.0700. The van der Waals surface area contributed by atoms with E-state index in [1.807, 2.05) is 41.8 Å². The third-order valence-corrected chi connectivity index (χ3v) is 6.62.